The Balaban J connectivity index is 4.36. The third-order valence-electron chi connectivity index (χ3n) is 2.50. The maximum absolute atomic E-state index is 11.8. The molecular formula is C13H24O4S2. The van der Waals surface area contributed by atoms with E-state index in [0.29, 0.717) is 17.9 Å². The Morgan fingerprint density at radius 2 is 1.53 bits per heavy atom. The van der Waals surface area contributed by atoms with Crippen molar-refractivity contribution in [2.75, 3.05) is 18.1 Å². The second-order valence-corrected chi connectivity index (χ2v) is 6.30. The first-order chi connectivity index (χ1) is 8.64. The van der Waals surface area contributed by atoms with E-state index in [1.807, 2.05) is 0 Å². The zero-order valence-electron chi connectivity index (χ0n) is 12.1. The van der Waals surface area contributed by atoms with E-state index in [2.05, 4.69) is 25.3 Å². The van der Waals surface area contributed by atoms with Crippen molar-refractivity contribution in [2.24, 2.45) is 0 Å². The van der Waals surface area contributed by atoms with Gasteiger partial charge in [-0.3, -0.25) is 9.59 Å². The van der Waals surface area contributed by atoms with Crippen LogP contribution in [0.2, 0.25) is 0 Å². The highest BCUT2D eigenvalue weighted by Crippen LogP contribution is 2.19. The van der Waals surface area contributed by atoms with Crippen molar-refractivity contribution in [3.8, 4) is 0 Å². The Labute approximate surface area is 126 Å². The summed E-state index contributed by atoms with van der Waals surface area (Å²) in [5.41, 5.74) is -1.66. The van der Waals surface area contributed by atoms with Gasteiger partial charge in [-0.25, -0.2) is 0 Å². The average molecular weight is 308 g/mol. The number of esters is 1. The zero-order chi connectivity index (χ0) is 15.1. The van der Waals surface area contributed by atoms with Crippen molar-refractivity contribution in [3.63, 3.8) is 0 Å². The fourth-order valence-electron chi connectivity index (χ4n) is 1.32. The van der Waals surface area contributed by atoms with Gasteiger partial charge < -0.3 is 9.47 Å². The van der Waals surface area contributed by atoms with Crippen LogP contribution in [0.5, 0.6) is 0 Å². The number of carbonyl (C=O) groups is 2. The van der Waals surface area contributed by atoms with Crippen molar-refractivity contribution < 1.29 is 19.1 Å². The molecule has 0 aliphatic heterocycles. The molecule has 19 heavy (non-hydrogen) atoms. The van der Waals surface area contributed by atoms with Gasteiger partial charge in [-0.05, 0) is 33.4 Å². The van der Waals surface area contributed by atoms with Crippen LogP contribution in [0.15, 0.2) is 0 Å². The Bertz CT molecular complexity index is 314. The predicted octanol–water partition coefficient (Wildman–Crippen LogP) is 2.31. The quantitative estimate of drug-likeness (QED) is 0.507. The SMILES string of the molecule is CC(C)(COC(C)(C)C(=O)CCS)OC(=O)CCS. The summed E-state index contributed by atoms with van der Waals surface area (Å²) in [7, 11) is 0. The monoisotopic (exact) mass is 308 g/mol. The molecule has 112 valence electrons. The van der Waals surface area contributed by atoms with E-state index >= 15 is 0 Å². The minimum Gasteiger partial charge on any atom is -0.457 e. The molecule has 0 aliphatic carbocycles. The van der Waals surface area contributed by atoms with Gasteiger partial charge >= 0.3 is 5.97 Å². The highest BCUT2D eigenvalue weighted by molar-refractivity contribution is 7.80. The number of ether oxygens (including phenoxy) is 2. The summed E-state index contributed by atoms with van der Waals surface area (Å²) in [5, 5.41) is 0. The molecule has 6 heteroatoms. The topological polar surface area (TPSA) is 52.6 Å². The van der Waals surface area contributed by atoms with E-state index < -0.39 is 11.2 Å². The molecule has 0 amide bonds. The maximum Gasteiger partial charge on any atom is 0.307 e. The molecule has 4 nitrogen and oxygen atoms in total. The maximum atomic E-state index is 11.8. The molecule has 0 spiro atoms. The first-order valence-electron chi connectivity index (χ1n) is 6.25. The van der Waals surface area contributed by atoms with Crippen LogP contribution in [0.25, 0.3) is 0 Å². The van der Waals surface area contributed by atoms with E-state index in [9.17, 15) is 9.59 Å². The third-order valence-corrected chi connectivity index (χ3v) is 2.94. The summed E-state index contributed by atoms with van der Waals surface area (Å²) in [6, 6.07) is 0. The average Bonchev–Trinajstić information content (AvgIpc) is 2.26. The number of thiol groups is 2. The van der Waals surface area contributed by atoms with Crippen LogP contribution in [-0.4, -0.2) is 41.1 Å². The number of hydrogen-bond donors (Lipinski definition) is 2. The Morgan fingerprint density at radius 3 is 2.00 bits per heavy atom. The van der Waals surface area contributed by atoms with Crippen molar-refractivity contribution in [2.45, 2.75) is 51.7 Å². The van der Waals surface area contributed by atoms with Crippen LogP contribution in [0, 0.1) is 0 Å². The van der Waals surface area contributed by atoms with E-state index in [1.165, 1.54) is 0 Å². The fraction of sp³-hybridized carbons (Fsp3) is 0.846. The second kappa shape index (κ2) is 8.17. The Kier molecular flexibility index (Phi) is 8.08. The number of carbonyl (C=O) groups excluding carboxylic acids is 2. The molecule has 0 heterocycles. The molecule has 0 bridgehead atoms. The molecule has 0 aromatic rings. The lowest BCUT2D eigenvalue weighted by Gasteiger charge is -2.30. The zero-order valence-corrected chi connectivity index (χ0v) is 13.9. The fourth-order valence-corrected chi connectivity index (χ4v) is 1.70. The van der Waals surface area contributed by atoms with Gasteiger partial charge in [-0.1, -0.05) is 0 Å². The Morgan fingerprint density at radius 1 is 1.00 bits per heavy atom. The van der Waals surface area contributed by atoms with Crippen molar-refractivity contribution in [1.82, 2.24) is 0 Å². The molecule has 0 unspecified atom stereocenters. The number of Topliss-reactive ketones (excluding diaryl/α,β-unsaturated/α-hetero) is 1. The van der Waals surface area contributed by atoms with Gasteiger partial charge in [0.1, 0.15) is 11.2 Å². The second-order valence-electron chi connectivity index (χ2n) is 5.40. The highest BCUT2D eigenvalue weighted by atomic mass is 32.1. The van der Waals surface area contributed by atoms with Crippen LogP contribution in [0.3, 0.4) is 0 Å². The summed E-state index contributed by atoms with van der Waals surface area (Å²) in [4.78, 5) is 23.2. The van der Waals surface area contributed by atoms with Crippen molar-refractivity contribution in [3.05, 3.63) is 0 Å². The first-order valence-corrected chi connectivity index (χ1v) is 7.52. The van der Waals surface area contributed by atoms with Crippen molar-refractivity contribution >= 4 is 37.0 Å². The molecule has 0 saturated heterocycles. The molecule has 0 aromatic heterocycles. The minimum atomic E-state index is -0.893. The summed E-state index contributed by atoms with van der Waals surface area (Å²) in [6.07, 6.45) is 0.616. The highest BCUT2D eigenvalue weighted by Gasteiger charge is 2.32. The Hall–Kier alpha value is -0.200. The predicted molar refractivity (Wildman–Crippen MR) is 82.1 cm³/mol. The van der Waals surface area contributed by atoms with Gasteiger partial charge in [0.05, 0.1) is 13.0 Å². The van der Waals surface area contributed by atoms with Gasteiger partial charge in [-0.15, -0.1) is 0 Å². The lowest BCUT2D eigenvalue weighted by Crippen LogP contribution is -2.42. The molecule has 0 saturated carbocycles. The summed E-state index contributed by atoms with van der Waals surface area (Å²) < 4.78 is 10.9. The largest absolute Gasteiger partial charge is 0.457 e. The molecule has 0 fully saturated rings. The summed E-state index contributed by atoms with van der Waals surface area (Å²) in [6.45, 7) is 7.09. The molecule has 0 rings (SSSR count). The molecule has 0 aliphatic rings. The van der Waals surface area contributed by atoms with Crippen LogP contribution >= 0.6 is 25.3 Å². The van der Waals surface area contributed by atoms with Gasteiger partial charge in [0.15, 0.2) is 5.78 Å². The van der Waals surface area contributed by atoms with Crippen LogP contribution in [0.1, 0.15) is 40.5 Å². The number of hydrogen-bond acceptors (Lipinski definition) is 6. The number of ketones is 1. The molecule has 0 N–H and O–H groups in total. The first kappa shape index (κ1) is 18.8. The van der Waals surface area contributed by atoms with E-state index in [1.54, 1.807) is 27.7 Å². The van der Waals surface area contributed by atoms with E-state index in [4.69, 9.17) is 9.47 Å². The lowest BCUT2D eigenvalue weighted by molar-refractivity contribution is -0.170. The van der Waals surface area contributed by atoms with Crippen molar-refractivity contribution in [1.29, 1.82) is 0 Å². The smallest absolute Gasteiger partial charge is 0.307 e. The molecule has 0 radical (unpaired) electrons. The van der Waals surface area contributed by atoms with E-state index in [-0.39, 0.29) is 24.8 Å². The lowest BCUT2D eigenvalue weighted by atomic mass is 10.0. The van der Waals surface area contributed by atoms with Gasteiger partial charge in [-0.2, -0.15) is 25.3 Å². The standard InChI is InChI=1S/C13H24O4S2/c1-12(2,17-11(15)6-8-19)9-16-13(3,4)10(14)5-7-18/h18-19H,5-9H2,1-4H3. The summed E-state index contributed by atoms with van der Waals surface area (Å²) >= 11 is 8.01. The van der Waals surface area contributed by atoms with Crippen LogP contribution < -0.4 is 0 Å². The van der Waals surface area contributed by atoms with Gasteiger partial charge in [0.25, 0.3) is 0 Å². The van der Waals surface area contributed by atoms with Gasteiger partial charge in [0, 0.05) is 12.2 Å². The molecular weight excluding hydrogens is 284 g/mol. The van der Waals surface area contributed by atoms with Crippen LogP contribution in [0.4, 0.5) is 0 Å². The number of rotatable bonds is 9. The van der Waals surface area contributed by atoms with E-state index in [0.717, 1.165) is 0 Å². The van der Waals surface area contributed by atoms with Gasteiger partial charge in [0.2, 0.25) is 0 Å². The molecule has 0 aromatic carbocycles. The molecule has 0 atom stereocenters. The normalized spacial score (nSPS) is 12.3. The summed E-state index contributed by atoms with van der Waals surface area (Å²) in [5.74, 6) is 0.608. The van der Waals surface area contributed by atoms with Crippen LogP contribution in [-0.2, 0) is 19.1 Å². The minimum absolute atomic E-state index is 0.0139. The third kappa shape index (κ3) is 7.84.